The van der Waals surface area contributed by atoms with Crippen molar-refractivity contribution in [3.8, 4) is 28.5 Å². The molecule has 1 saturated heterocycles. The Morgan fingerprint density at radius 2 is 1.90 bits per heavy atom. The molecule has 0 spiro atoms. The Balaban J connectivity index is 1.36. The Hall–Kier alpha value is -4.17. The topological polar surface area (TPSA) is 118 Å². The molecule has 0 saturated carbocycles. The lowest BCUT2D eigenvalue weighted by Crippen LogP contribution is -2.40. The molecule has 210 valence electrons. The van der Waals surface area contributed by atoms with Gasteiger partial charge >= 0.3 is 12.1 Å². The van der Waals surface area contributed by atoms with Gasteiger partial charge in [-0.3, -0.25) is 9.69 Å². The molecule has 1 aliphatic rings. The van der Waals surface area contributed by atoms with Crippen LogP contribution in [0.3, 0.4) is 0 Å². The van der Waals surface area contributed by atoms with Gasteiger partial charge in [-0.2, -0.15) is 23.3 Å². The minimum absolute atomic E-state index is 0.0368. The summed E-state index contributed by atoms with van der Waals surface area (Å²) >= 11 is 0. The van der Waals surface area contributed by atoms with Crippen molar-refractivity contribution in [3.63, 3.8) is 0 Å². The van der Waals surface area contributed by atoms with E-state index in [9.17, 15) is 37.0 Å². The molecular formula is C26H22F5N5O4. The molecule has 2 aromatic carbocycles. The summed E-state index contributed by atoms with van der Waals surface area (Å²) in [6.07, 6.45) is -3.78. The quantitative estimate of drug-likeness (QED) is 0.311. The molecule has 1 aliphatic heterocycles. The van der Waals surface area contributed by atoms with E-state index in [4.69, 9.17) is 4.52 Å². The molecule has 9 nitrogen and oxygen atoms in total. The molecule has 0 amide bonds. The zero-order chi connectivity index (χ0) is 28.6. The van der Waals surface area contributed by atoms with Crippen LogP contribution in [0.15, 0.2) is 53.2 Å². The van der Waals surface area contributed by atoms with Crippen molar-refractivity contribution in [2.24, 2.45) is 5.92 Å². The molecule has 0 aliphatic carbocycles. The molecular weight excluding hydrogens is 541 g/mol. The van der Waals surface area contributed by atoms with E-state index in [-0.39, 0.29) is 12.4 Å². The minimum atomic E-state index is -5.00. The monoisotopic (exact) mass is 563 g/mol. The van der Waals surface area contributed by atoms with Crippen molar-refractivity contribution >= 4 is 5.97 Å². The molecule has 4 aromatic rings. The second-order valence-electron chi connectivity index (χ2n) is 9.41. The van der Waals surface area contributed by atoms with E-state index < -0.39 is 58.6 Å². The van der Waals surface area contributed by atoms with Gasteiger partial charge in [0.25, 0.3) is 5.89 Å². The van der Waals surface area contributed by atoms with E-state index in [2.05, 4.69) is 15.2 Å². The van der Waals surface area contributed by atoms with Gasteiger partial charge < -0.3 is 14.7 Å². The number of β-amino-alcohol motifs (C(OH)–C–C–N with tert-alkyl or cyclic N) is 1. The van der Waals surface area contributed by atoms with Crippen LogP contribution in [0.5, 0.6) is 0 Å². The first-order valence-electron chi connectivity index (χ1n) is 12.2. The van der Waals surface area contributed by atoms with E-state index in [1.54, 1.807) is 24.3 Å². The van der Waals surface area contributed by atoms with Crippen molar-refractivity contribution in [3.05, 3.63) is 71.6 Å². The minimum Gasteiger partial charge on any atom is -0.481 e. The number of likely N-dealkylation sites (tertiary alicyclic amines) is 1. The molecule has 2 N–H and O–H groups in total. The maximum Gasteiger partial charge on any atom is 0.434 e. The number of aliphatic hydroxyl groups is 1. The van der Waals surface area contributed by atoms with Crippen molar-refractivity contribution in [2.45, 2.75) is 25.1 Å². The molecule has 40 heavy (non-hydrogen) atoms. The first-order chi connectivity index (χ1) is 19.0. The Kier molecular flexibility index (Phi) is 7.38. The number of piperidine rings is 1. The van der Waals surface area contributed by atoms with Crippen molar-refractivity contribution in [1.29, 1.82) is 0 Å². The normalized spacial score (nSPS) is 17.2. The standard InChI is InChI=1S/C26H22F5N5O4/c27-17-7-8-20(19(28)10-17)36-22(26(29,30)31)18(11-32-36)24-33-23(34-40-24)15-5-3-14(4-6-15)21(37)13-35-9-1-2-16(12-35)25(38)39/h3-8,10-11,16,21,37H,1-2,9,12-13H2,(H,38,39)/t16-,21-/m0/s1. The number of aliphatic hydroxyl groups excluding tert-OH is 1. The van der Waals surface area contributed by atoms with Crippen molar-refractivity contribution < 1.29 is 41.5 Å². The average molecular weight is 563 g/mol. The van der Waals surface area contributed by atoms with Gasteiger partial charge in [0, 0.05) is 24.7 Å². The summed E-state index contributed by atoms with van der Waals surface area (Å²) in [6, 6.07) is 8.42. The van der Waals surface area contributed by atoms with E-state index in [1.165, 1.54) is 0 Å². The maximum absolute atomic E-state index is 14.2. The van der Waals surface area contributed by atoms with Crippen LogP contribution >= 0.6 is 0 Å². The summed E-state index contributed by atoms with van der Waals surface area (Å²) in [5.74, 6) is -4.09. The number of carboxylic acids is 1. The fourth-order valence-electron chi connectivity index (χ4n) is 4.69. The molecule has 2 aromatic heterocycles. The molecule has 3 heterocycles. The average Bonchev–Trinajstić information content (AvgIpc) is 3.57. The zero-order valence-electron chi connectivity index (χ0n) is 20.6. The highest BCUT2D eigenvalue weighted by Crippen LogP contribution is 2.39. The Morgan fingerprint density at radius 3 is 2.58 bits per heavy atom. The fourth-order valence-corrected chi connectivity index (χ4v) is 4.69. The van der Waals surface area contributed by atoms with E-state index >= 15 is 0 Å². The lowest BCUT2D eigenvalue weighted by Gasteiger charge is -2.32. The number of nitrogens with zero attached hydrogens (tertiary/aromatic N) is 5. The lowest BCUT2D eigenvalue weighted by atomic mass is 9.97. The van der Waals surface area contributed by atoms with Gasteiger partial charge in [-0.05, 0) is 37.1 Å². The van der Waals surface area contributed by atoms with Crippen LogP contribution in [0.2, 0.25) is 0 Å². The van der Waals surface area contributed by atoms with E-state index in [1.807, 2.05) is 4.90 Å². The third-order valence-corrected chi connectivity index (χ3v) is 6.67. The van der Waals surface area contributed by atoms with Crippen LogP contribution in [0.1, 0.15) is 30.2 Å². The van der Waals surface area contributed by atoms with Crippen molar-refractivity contribution in [1.82, 2.24) is 24.8 Å². The molecule has 5 rings (SSSR count). The zero-order valence-corrected chi connectivity index (χ0v) is 20.6. The number of alkyl halides is 3. The predicted octanol–water partition coefficient (Wildman–Crippen LogP) is 4.72. The largest absolute Gasteiger partial charge is 0.481 e. The smallest absolute Gasteiger partial charge is 0.434 e. The molecule has 14 heteroatoms. The van der Waals surface area contributed by atoms with Crippen LogP contribution in [0, 0.1) is 17.6 Å². The number of carboxylic acid groups (broad SMARTS) is 1. The maximum atomic E-state index is 14.2. The van der Waals surface area contributed by atoms with Gasteiger partial charge in [-0.15, -0.1) is 0 Å². The number of aliphatic carboxylic acids is 1. The summed E-state index contributed by atoms with van der Waals surface area (Å²) in [7, 11) is 0. The molecule has 1 fully saturated rings. The van der Waals surface area contributed by atoms with Gasteiger partial charge in [0.15, 0.2) is 11.5 Å². The van der Waals surface area contributed by atoms with Crippen molar-refractivity contribution in [2.75, 3.05) is 19.6 Å². The van der Waals surface area contributed by atoms with Crippen LogP contribution in [0.4, 0.5) is 22.0 Å². The number of aromatic nitrogens is 4. The number of hydrogen-bond acceptors (Lipinski definition) is 7. The van der Waals surface area contributed by atoms with Crippen LogP contribution in [0.25, 0.3) is 28.5 Å². The summed E-state index contributed by atoms with van der Waals surface area (Å²) in [5, 5.41) is 27.3. The summed E-state index contributed by atoms with van der Waals surface area (Å²) in [4.78, 5) is 17.2. The third kappa shape index (κ3) is 5.58. The van der Waals surface area contributed by atoms with Gasteiger partial charge in [0.1, 0.15) is 11.5 Å². The van der Waals surface area contributed by atoms with Gasteiger partial charge in [0.2, 0.25) is 5.82 Å². The number of rotatable bonds is 7. The summed E-state index contributed by atoms with van der Waals surface area (Å²) < 4.78 is 74.9. The highest BCUT2D eigenvalue weighted by Gasteiger charge is 2.41. The molecule has 0 unspecified atom stereocenters. The first kappa shape index (κ1) is 27.4. The van der Waals surface area contributed by atoms with Gasteiger partial charge in [-0.1, -0.05) is 29.4 Å². The Labute approximate surface area is 223 Å². The highest BCUT2D eigenvalue weighted by molar-refractivity contribution is 5.70. The summed E-state index contributed by atoms with van der Waals surface area (Å²) in [5.41, 5.74) is -1.65. The predicted molar refractivity (Wildman–Crippen MR) is 129 cm³/mol. The SMILES string of the molecule is O=C(O)[C@H]1CCCN(C[C@H](O)c2ccc(-c3noc(-c4cnn(-c5ccc(F)cc5F)c4C(F)(F)F)n3)cc2)C1. The van der Waals surface area contributed by atoms with Crippen LogP contribution in [-0.4, -0.2) is 60.6 Å². The number of hydrogen-bond donors (Lipinski definition) is 2. The number of halogens is 5. The Morgan fingerprint density at radius 1 is 1.15 bits per heavy atom. The molecule has 0 bridgehead atoms. The van der Waals surface area contributed by atoms with Crippen LogP contribution < -0.4 is 0 Å². The first-order valence-corrected chi connectivity index (χ1v) is 12.2. The highest BCUT2D eigenvalue weighted by atomic mass is 19.4. The number of benzene rings is 2. The second-order valence-corrected chi connectivity index (χ2v) is 9.41. The van der Waals surface area contributed by atoms with Gasteiger partial charge in [0.05, 0.1) is 23.8 Å². The van der Waals surface area contributed by atoms with E-state index in [0.717, 1.165) is 24.8 Å². The van der Waals surface area contributed by atoms with Gasteiger partial charge in [-0.25, -0.2) is 13.5 Å². The molecule has 0 radical (unpaired) electrons. The molecule has 2 atom stereocenters. The van der Waals surface area contributed by atoms with Crippen LogP contribution in [-0.2, 0) is 11.0 Å². The second kappa shape index (κ2) is 10.8. The lowest BCUT2D eigenvalue weighted by molar-refractivity contribution is -0.144. The Bertz CT molecular complexity index is 1520. The third-order valence-electron chi connectivity index (χ3n) is 6.67. The summed E-state index contributed by atoms with van der Waals surface area (Å²) in [6.45, 7) is 1.27. The fraction of sp³-hybridized carbons (Fsp3) is 0.308. The van der Waals surface area contributed by atoms with E-state index in [0.29, 0.717) is 41.4 Å². The number of carbonyl (C=O) groups is 1.